The van der Waals surface area contributed by atoms with E-state index in [1.54, 1.807) is 0 Å². The molecule has 0 saturated heterocycles. The number of alkyl halides is 1. The Kier molecular flexibility index (Phi) is 6.44. The first-order chi connectivity index (χ1) is 7.72. The van der Waals surface area contributed by atoms with Gasteiger partial charge >= 0.3 is 0 Å². The Hall–Kier alpha value is -0.0200. The molecule has 0 radical (unpaired) electrons. The van der Waals surface area contributed by atoms with Gasteiger partial charge in [-0.3, -0.25) is 0 Å². The summed E-state index contributed by atoms with van der Waals surface area (Å²) < 4.78 is 1.15. The molecule has 1 aromatic rings. The summed E-state index contributed by atoms with van der Waals surface area (Å²) in [6.45, 7) is 6.67. The van der Waals surface area contributed by atoms with Gasteiger partial charge in [0, 0.05) is 28.6 Å². The zero-order chi connectivity index (χ0) is 12.0. The summed E-state index contributed by atoms with van der Waals surface area (Å²) in [5, 5.41) is 0.907. The van der Waals surface area contributed by atoms with E-state index in [9.17, 15) is 0 Å². The van der Waals surface area contributed by atoms with Gasteiger partial charge < -0.3 is 4.90 Å². The Morgan fingerprint density at radius 3 is 2.56 bits per heavy atom. The summed E-state index contributed by atoms with van der Waals surface area (Å²) in [5.74, 6) is 0. The van der Waals surface area contributed by atoms with Gasteiger partial charge in [-0.25, -0.2) is 0 Å². The van der Waals surface area contributed by atoms with Crippen LogP contribution < -0.4 is 4.90 Å². The number of benzene rings is 1. The van der Waals surface area contributed by atoms with Crippen molar-refractivity contribution in [2.24, 2.45) is 0 Å². The van der Waals surface area contributed by atoms with Crippen LogP contribution in [0.15, 0.2) is 22.7 Å². The predicted octanol–water partition coefficient (Wildman–Crippen LogP) is 4.97. The lowest BCUT2D eigenvalue weighted by Crippen LogP contribution is -2.24. The highest BCUT2D eigenvalue weighted by Crippen LogP contribution is 2.26. The summed E-state index contributed by atoms with van der Waals surface area (Å²) in [7, 11) is 0. The molecular formula is C13H19Br2N. The summed E-state index contributed by atoms with van der Waals surface area (Å²) >= 11 is 7.08. The molecular weight excluding hydrogens is 330 g/mol. The molecule has 0 amide bonds. The minimum Gasteiger partial charge on any atom is -0.372 e. The number of anilines is 1. The highest BCUT2D eigenvalue weighted by molar-refractivity contribution is 9.10. The lowest BCUT2D eigenvalue weighted by Gasteiger charge is -2.25. The standard InChI is InChI=1S/C13H19Br2N/c1-3-5-8-16(4-2)13-7-6-12(15)9-11(13)10-14/h6-7,9H,3-5,8,10H2,1-2H3. The van der Waals surface area contributed by atoms with Crippen molar-refractivity contribution in [1.29, 1.82) is 0 Å². The third-order valence-corrected chi connectivity index (χ3v) is 3.79. The van der Waals surface area contributed by atoms with Crippen LogP contribution >= 0.6 is 31.9 Å². The average Bonchev–Trinajstić information content (AvgIpc) is 2.31. The third kappa shape index (κ3) is 3.77. The molecule has 0 heterocycles. The maximum atomic E-state index is 3.56. The van der Waals surface area contributed by atoms with E-state index in [0.717, 1.165) is 22.9 Å². The molecule has 0 aliphatic carbocycles. The molecule has 0 unspecified atom stereocenters. The molecule has 0 spiro atoms. The van der Waals surface area contributed by atoms with Gasteiger partial charge in [0.15, 0.2) is 0 Å². The van der Waals surface area contributed by atoms with Gasteiger partial charge in [-0.15, -0.1) is 0 Å². The fourth-order valence-corrected chi connectivity index (χ4v) is 2.63. The SMILES string of the molecule is CCCCN(CC)c1ccc(Br)cc1CBr. The van der Waals surface area contributed by atoms with Gasteiger partial charge in [0.05, 0.1) is 0 Å². The second-order valence-electron chi connectivity index (χ2n) is 3.84. The topological polar surface area (TPSA) is 3.24 Å². The van der Waals surface area contributed by atoms with E-state index in [-0.39, 0.29) is 0 Å². The van der Waals surface area contributed by atoms with E-state index in [4.69, 9.17) is 0 Å². The molecule has 0 aromatic heterocycles. The first-order valence-electron chi connectivity index (χ1n) is 5.82. The molecule has 0 atom stereocenters. The Balaban J connectivity index is 2.90. The molecule has 3 heteroatoms. The maximum absolute atomic E-state index is 3.56. The van der Waals surface area contributed by atoms with Gasteiger partial charge in [-0.2, -0.15) is 0 Å². The predicted molar refractivity (Wildman–Crippen MR) is 79.6 cm³/mol. The third-order valence-electron chi connectivity index (χ3n) is 2.69. The van der Waals surface area contributed by atoms with Crippen LogP contribution in [0.25, 0.3) is 0 Å². The quantitative estimate of drug-likeness (QED) is 0.656. The van der Waals surface area contributed by atoms with Crippen molar-refractivity contribution in [3.05, 3.63) is 28.2 Å². The lowest BCUT2D eigenvalue weighted by molar-refractivity contribution is 0.730. The molecule has 0 saturated carbocycles. The van der Waals surface area contributed by atoms with Crippen LogP contribution in [0.3, 0.4) is 0 Å². The summed E-state index contributed by atoms with van der Waals surface area (Å²) in [5.41, 5.74) is 2.71. The van der Waals surface area contributed by atoms with E-state index in [2.05, 4.69) is 68.8 Å². The largest absolute Gasteiger partial charge is 0.372 e. The van der Waals surface area contributed by atoms with Crippen molar-refractivity contribution in [2.75, 3.05) is 18.0 Å². The van der Waals surface area contributed by atoms with E-state index >= 15 is 0 Å². The first kappa shape index (κ1) is 14.0. The van der Waals surface area contributed by atoms with Gasteiger partial charge in [0.2, 0.25) is 0 Å². The normalized spacial score (nSPS) is 10.5. The molecule has 0 aliphatic heterocycles. The molecule has 1 nitrogen and oxygen atoms in total. The zero-order valence-electron chi connectivity index (χ0n) is 9.97. The van der Waals surface area contributed by atoms with Crippen molar-refractivity contribution >= 4 is 37.5 Å². The summed E-state index contributed by atoms with van der Waals surface area (Å²) in [4.78, 5) is 2.45. The number of halogens is 2. The molecule has 0 N–H and O–H groups in total. The fraction of sp³-hybridized carbons (Fsp3) is 0.538. The summed E-state index contributed by atoms with van der Waals surface area (Å²) in [6.07, 6.45) is 2.50. The highest BCUT2D eigenvalue weighted by Gasteiger charge is 2.08. The van der Waals surface area contributed by atoms with Crippen molar-refractivity contribution in [1.82, 2.24) is 0 Å². The van der Waals surface area contributed by atoms with Crippen LogP contribution in [0.4, 0.5) is 5.69 Å². The van der Waals surface area contributed by atoms with E-state index in [1.165, 1.54) is 24.1 Å². The van der Waals surface area contributed by atoms with Gasteiger partial charge in [0.25, 0.3) is 0 Å². The number of rotatable bonds is 6. The molecule has 0 fully saturated rings. The molecule has 90 valence electrons. The summed E-state index contributed by atoms with van der Waals surface area (Å²) in [6, 6.07) is 6.52. The van der Waals surface area contributed by atoms with Gasteiger partial charge in [-0.05, 0) is 37.1 Å². The molecule has 0 aliphatic rings. The first-order valence-corrected chi connectivity index (χ1v) is 7.73. The Morgan fingerprint density at radius 2 is 2.00 bits per heavy atom. The second-order valence-corrected chi connectivity index (χ2v) is 5.32. The molecule has 1 aromatic carbocycles. The van der Waals surface area contributed by atoms with E-state index < -0.39 is 0 Å². The van der Waals surface area contributed by atoms with Gasteiger partial charge in [0.1, 0.15) is 0 Å². The van der Waals surface area contributed by atoms with Gasteiger partial charge in [-0.1, -0.05) is 45.2 Å². The van der Waals surface area contributed by atoms with Crippen LogP contribution in [0.2, 0.25) is 0 Å². The second kappa shape index (κ2) is 7.33. The minimum absolute atomic E-state index is 0.907. The molecule has 16 heavy (non-hydrogen) atoms. The van der Waals surface area contributed by atoms with Crippen LogP contribution in [-0.4, -0.2) is 13.1 Å². The lowest BCUT2D eigenvalue weighted by atomic mass is 10.1. The number of unbranched alkanes of at least 4 members (excludes halogenated alkanes) is 1. The highest BCUT2D eigenvalue weighted by atomic mass is 79.9. The van der Waals surface area contributed by atoms with Crippen LogP contribution in [0.1, 0.15) is 32.3 Å². The number of nitrogens with zero attached hydrogens (tertiary/aromatic N) is 1. The molecule has 1 rings (SSSR count). The number of hydrogen-bond acceptors (Lipinski definition) is 1. The monoisotopic (exact) mass is 347 g/mol. The average molecular weight is 349 g/mol. The van der Waals surface area contributed by atoms with E-state index in [0.29, 0.717) is 0 Å². The van der Waals surface area contributed by atoms with Crippen LogP contribution in [-0.2, 0) is 5.33 Å². The van der Waals surface area contributed by atoms with Crippen molar-refractivity contribution < 1.29 is 0 Å². The molecule has 0 bridgehead atoms. The van der Waals surface area contributed by atoms with Crippen LogP contribution in [0, 0.1) is 0 Å². The smallest absolute Gasteiger partial charge is 0.0408 e. The van der Waals surface area contributed by atoms with Crippen molar-refractivity contribution in [3.63, 3.8) is 0 Å². The fourth-order valence-electron chi connectivity index (χ4n) is 1.77. The van der Waals surface area contributed by atoms with E-state index in [1.807, 2.05) is 0 Å². The van der Waals surface area contributed by atoms with Crippen molar-refractivity contribution in [3.8, 4) is 0 Å². The Bertz CT molecular complexity index is 326. The number of hydrogen-bond donors (Lipinski definition) is 0. The Morgan fingerprint density at radius 1 is 1.25 bits per heavy atom. The minimum atomic E-state index is 0.907. The van der Waals surface area contributed by atoms with Crippen molar-refractivity contribution in [2.45, 2.75) is 32.0 Å². The Labute approximate surface area is 115 Å². The van der Waals surface area contributed by atoms with Crippen LogP contribution in [0.5, 0.6) is 0 Å². The maximum Gasteiger partial charge on any atom is 0.0408 e. The zero-order valence-corrected chi connectivity index (χ0v) is 13.1.